The number of carboxylic acids is 2. The molecule has 9 aromatic rings. The number of aliphatic hydroxyl groups excluding tert-OH is 2. The minimum absolute atomic E-state index is 0.0116. The van der Waals surface area contributed by atoms with Crippen molar-refractivity contribution in [2.45, 2.75) is 102 Å². The number of carboxylic acid groups (broad SMARTS) is 2. The minimum atomic E-state index is -1.30. The van der Waals surface area contributed by atoms with Gasteiger partial charge in [0.25, 0.3) is 11.8 Å². The van der Waals surface area contributed by atoms with Gasteiger partial charge >= 0.3 is 18.0 Å². The number of carbonyl (C=O) groups excluding carboxylic acids is 6. The maximum absolute atomic E-state index is 15.3. The standard InChI is InChI=1S/C63H60N12O13S6/c1-30-13-15-33(16-14-30)21-39-62(86)75-24-45(77)31(2)52(75)61-71-43(28-92-61)59-68-40(25-91-59)51-35(17-18-37(65-51)58-72-47(29-93-58)74(19-7-11-48(79)80)63(87)88-20-8-12-49(81)82)56-69-41(26-89-56)54(84)66-38(23-46(64)78)60-73-50(32(3)94-60)44(76)22-36(53(83)34-9-5-4-6-10-34)57-70-42(27-90-57)55(85)67-39/h4-6,9-10,13-18,25-29,31,36,38-39,45,52-53,77,83H,7-8,11-12,19-24H2,1-3H3,(H2,64,78)(H,66,84)(H,67,85)(H,79,80)(H,81,82)/t31-,36-,38-,39-,45-,52-,53+/m0/s1. The van der Waals surface area contributed by atoms with E-state index in [0.29, 0.717) is 53.1 Å². The lowest BCUT2D eigenvalue weighted by molar-refractivity contribution is -0.138. The van der Waals surface area contributed by atoms with Gasteiger partial charge in [0.05, 0.1) is 48.0 Å². The number of nitrogens with one attached hydrogen (secondary N) is 2. The third-order valence-corrected chi connectivity index (χ3v) is 21.3. The number of primary amides is 1. The van der Waals surface area contributed by atoms with Crippen LogP contribution in [0.5, 0.6) is 0 Å². The number of aromatic nitrogens is 7. The number of hydrogen-bond donors (Lipinski definition) is 7. The summed E-state index contributed by atoms with van der Waals surface area (Å²) in [5.41, 5.74) is 9.70. The third-order valence-electron chi connectivity index (χ3n) is 15.7. The van der Waals surface area contributed by atoms with Gasteiger partial charge in [-0.3, -0.25) is 38.5 Å². The molecule has 8 N–H and O–H groups in total. The van der Waals surface area contributed by atoms with Crippen molar-refractivity contribution in [3.63, 3.8) is 0 Å². The number of benzene rings is 2. The van der Waals surface area contributed by atoms with E-state index in [-0.39, 0.29) is 96.8 Å². The number of Topliss-reactive ketones (excluding diaryl/α,β-unsaturated/α-hetero) is 1. The predicted molar refractivity (Wildman–Crippen MR) is 353 cm³/mol. The van der Waals surface area contributed by atoms with Gasteiger partial charge in [-0.05, 0) is 49.9 Å². The van der Waals surface area contributed by atoms with Crippen LogP contribution in [-0.4, -0.2) is 139 Å². The number of aryl methyl sites for hydroxylation is 2. The molecule has 11 rings (SSSR count). The van der Waals surface area contributed by atoms with Crippen LogP contribution in [0.2, 0.25) is 0 Å². The number of thiazole rings is 6. The average molecular weight is 1390 g/mol. The van der Waals surface area contributed by atoms with Gasteiger partial charge in [0, 0.05) is 87.9 Å². The van der Waals surface area contributed by atoms with Crippen molar-refractivity contribution in [1.82, 2.24) is 50.4 Å². The second-order valence-electron chi connectivity index (χ2n) is 22.4. The van der Waals surface area contributed by atoms with Crippen molar-refractivity contribution < 1.29 is 63.5 Å². The molecule has 5 amide bonds. The van der Waals surface area contributed by atoms with E-state index < -0.39 is 96.0 Å². The molecular weight excluding hydrogens is 1330 g/mol. The van der Waals surface area contributed by atoms with Crippen LogP contribution in [0.15, 0.2) is 93.6 Å². The lowest BCUT2D eigenvalue weighted by Crippen LogP contribution is -2.50. The maximum Gasteiger partial charge on any atom is 0.415 e. The molecule has 0 saturated carbocycles. The van der Waals surface area contributed by atoms with Gasteiger partial charge in [-0.2, -0.15) is 0 Å². The average Bonchev–Trinajstić information content (AvgIpc) is 1.61. The van der Waals surface area contributed by atoms with Gasteiger partial charge in [0.15, 0.2) is 5.78 Å². The van der Waals surface area contributed by atoms with Gasteiger partial charge in [0.1, 0.15) is 71.1 Å². The highest BCUT2D eigenvalue weighted by molar-refractivity contribution is 7.15. The quantitative estimate of drug-likeness (QED) is 0.0443. The number of anilines is 1. The van der Waals surface area contributed by atoms with E-state index in [2.05, 4.69) is 10.6 Å². The SMILES string of the molecule is Cc1ccc(C[C@@H]2NC(=O)c3csc(n3)[C@H]([C@H](O)c3ccccc3)CC(=O)c3nc(sc3C)[C@H](CC(N)=O)NC(=O)c3csc(n3)-c3ccc(-c4nc(N(CCCC(=O)O)C(=O)OCCCC(=O)O)cs4)nc3-c3csc(n3)-c3csc(n3)[C@@H]3[C@@H](C)[C@@H](O)CN3C2=O)cc1. The number of aliphatic carboxylic acids is 2. The van der Waals surface area contributed by atoms with Crippen molar-refractivity contribution in [3.05, 3.63) is 147 Å². The summed E-state index contributed by atoms with van der Waals surface area (Å²) in [6, 6.07) is 16.5. The van der Waals surface area contributed by atoms with Crippen LogP contribution >= 0.6 is 68.0 Å². The van der Waals surface area contributed by atoms with Crippen molar-refractivity contribution in [1.29, 1.82) is 0 Å². The molecule has 1 fully saturated rings. The Bertz CT molecular complexity index is 4320. The van der Waals surface area contributed by atoms with Gasteiger partial charge in [-0.15, -0.1) is 68.0 Å². The summed E-state index contributed by atoms with van der Waals surface area (Å²) in [5, 5.41) is 58.2. The largest absolute Gasteiger partial charge is 0.481 e. The summed E-state index contributed by atoms with van der Waals surface area (Å²) in [6.07, 6.45) is -4.23. The lowest BCUT2D eigenvalue weighted by Gasteiger charge is -2.29. The minimum Gasteiger partial charge on any atom is -0.481 e. The molecule has 486 valence electrons. The fraction of sp³-hybridized carbons (Fsp3) is 0.317. The first-order valence-electron chi connectivity index (χ1n) is 29.5. The van der Waals surface area contributed by atoms with Crippen LogP contribution in [0.4, 0.5) is 10.6 Å². The number of nitrogens with two attached hydrogens (primary N) is 1. The number of carbonyl (C=O) groups is 8. The predicted octanol–water partition coefficient (Wildman–Crippen LogP) is 9.45. The molecule has 0 radical (unpaired) electrons. The Morgan fingerprint density at radius 3 is 2.07 bits per heavy atom. The summed E-state index contributed by atoms with van der Waals surface area (Å²) in [7, 11) is 0. The number of amides is 5. The van der Waals surface area contributed by atoms with Gasteiger partial charge in [0.2, 0.25) is 11.8 Å². The summed E-state index contributed by atoms with van der Waals surface area (Å²) in [6.45, 7) is 5.05. The maximum atomic E-state index is 15.3. The molecule has 7 atom stereocenters. The second-order valence-corrected chi connectivity index (χ2v) is 28.0. The molecule has 9 heterocycles. The summed E-state index contributed by atoms with van der Waals surface area (Å²) in [4.78, 5) is 145. The summed E-state index contributed by atoms with van der Waals surface area (Å²) < 4.78 is 5.39. The molecule has 1 saturated heterocycles. The molecule has 10 bridgehead atoms. The van der Waals surface area contributed by atoms with Crippen LogP contribution in [0.3, 0.4) is 0 Å². The highest BCUT2D eigenvalue weighted by Crippen LogP contribution is 2.44. The molecular formula is C63H60N12O13S6. The van der Waals surface area contributed by atoms with Crippen LogP contribution in [0.1, 0.15) is 138 Å². The van der Waals surface area contributed by atoms with E-state index in [1.165, 1.54) is 38.3 Å². The van der Waals surface area contributed by atoms with Crippen molar-refractivity contribution in [2.24, 2.45) is 11.7 Å². The Balaban J connectivity index is 0.997. The van der Waals surface area contributed by atoms with E-state index >= 15 is 4.79 Å². The van der Waals surface area contributed by atoms with E-state index in [1.807, 2.05) is 38.1 Å². The number of hydrogen-bond acceptors (Lipinski definition) is 24. The zero-order chi connectivity index (χ0) is 66.5. The van der Waals surface area contributed by atoms with Crippen molar-refractivity contribution in [2.75, 3.05) is 24.6 Å². The van der Waals surface area contributed by atoms with Gasteiger partial charge in [-0.25, -0.2) is 39.7 Å². The zero-order valence-corrected chi connectivity index (χ0v) is 55.3. The molecule has 2 aromatic carbocycles. The topological polar surface area (TPSA) is 373 Å². The highest BCUT2D eigenvalue weighted by Gasteiger charge is 2.46. The summed E-state index contributed by atoms with van der Waals surface area (Å²) >= 11 is 6.88. The lowest BCUT2D eigenvalue weighted by atomic mass is 9.90. The zero-order valence-electron chi connectivity index (χ0n) is 50.4. The third kappa shape index (κ3) is 15.2. The first-order valence-corrected chi connectivity index (χ1v) is 34.7. The number of ketones is 1. The van der Waals surface area contributed by atoms with E-state index in [4.69, 9.17) is 50.5 Å². The Morgan fingerprint density at radius 2 is 1.33 bits per heavy atom. The number of ether oxygens (including phenoxy) is 1. The smallest absolute Gasteiger partial charge is 0.415 e. The highest BCUT2D eigenvalue weighted by atomic mass is 32.1. The monoisotopic (exact) mass is 1380 g/mol. The first kappa shape index (κ1) is 66.5. The Kier molecular flexibility index (Phi) is 20.6. The van der Waals surface area contributed by atoms with Gasteiger partial charge in [-0.1, -0.05) is 67.1 Å². The second kappa shape index (κ2) is 29.1. The van der Waals surface area contributed by atoms with E-state index in [0.717, 1.165) is 56.5 Å². The number of fused-ring (bicyclic) bond motifs is 16. The molecule has 7 aromatic heterocycles. The summed E-state index contributed by atoms with van der Waals surface area (Å²) in [5.74, 6) is -6.73. The molecule has 31 heteroatoms. The molecule has 0 spiro atoms. The normalized spacial score (nSPS) is 18.8. The van der Waals surface area contributed by atoms with E-state index in [1.54, 1.807) is 70.4 Å². The van der Waals surface area contributed by atoms with Crippen LogP contribution in [0, 0.1) is 19.8 Å². The Morgan fingerprint density at radius 1 is 0.691 bits per heavy atom. The Hall–Kier alpha value is -8.95. The van der Waals surface area contributed by atoms with Gasteiger partial charge < -0.3 is 46.4 Å². The molecule has 2 aliphatic heterocycles. The number of rotatable bonds is 16. The van der Waals surface area contributed by atoms with Crippen molar-refractivity contribution >= 4 is 121 Å². The van der Waals surface area contributed by atoms with Crippen LogP contribution in [-0.2, 0) is 30.3 Å². The molecule has 0 aliphatic carbocycles. The molecule has 0 unspecified atom stereocenters. The van der Waals surface area contributed by atoms with Crippen molar-refractivity contribution in [3.8, 4) is 43.4 Å². The number of nitrogens with zero attached hydrogens (tertiary/aromatic N) is 9. The fourth-order valence-corrected chi connectivity index (χ4v) is 16.2. The fourth-order valence-electron chi connectivity index (χ4n) is 10.8. The first-order chi connectivity index (χ1) is 45.2. The van der Waals surface area contributed by atoms with Crippen LogP contribution in [0.25, 0.3) is 43.4 Å². The number of aliphatic hydroxyl groups is 2. The molecule has 25 nitrogen and oxygen atoms in total. The molecule has 94 heavy (non-hydrogen) atoms. The van der Waals surface area contributed by atoms with Crippen LogP contribution < -0.4 is 21.3 Å². The molecule has 2 aliphatic rings. The number of pyridine rings is 1. The van der Waals surface area contributed by atoms with E-state index in [9.17, 15) is 48.9 Å². The Labute approximate surface area is 560 Å².